The fourth-order valence-electron chi connectivity index (χ4n) is 3.04. The zero-order valence-electron chi connectivity index (χ0n) is 17.5. The Balaban J connectivity index is 1.42. The highest BCUT2D eigenvalue weighted by Crippen LogP contribution is 2.31. The van der Waals surface area contributed by atoms with Crippen molar-refractivity contribution in [2.75, 3.05) is 20.3 Å². The van der Waals surface area contributed by atoms with E-state index >= 15 is 0 Å². The minimum absolute atomic E-state index is 0.222. The van der Waals surface area contributed by atoms with E-state index in [1.165, 1.54) is 13.3 Å². The van der Waals surface area contributed by atoms with E-state index in [9.17, 15) is 9.59 Å². The zero-order valence-corrected chi connectivity index (χ0v) is 18.3. The molecule has 0 aliphatic carbocycles. The van der Waals surface area contributed by atoms with Gasteiger partial charge in [0.25, 0.3) is 5.91 Å². The summed E-state index contributed by atoms with van der Waals surface area (Å²) in [4.78, 5) is 24.8. The van der Waals surface area contributed by atoms with Gasteiger partial charge in [0.05, 0.1) is 23.9 Å². The molecular weight excluding hydrogens is 448 g/mol. The zero-order chi connectivity index (χ0) is 23.2. The Kier molecular flexibility index (Phi) is 6.75. The molecule has 0 saturated carbocycles. The van der Waals surface area contributed by atoms with Gasteiger partial charge in [-0.05, 0) is 54.1 Å². The number of halogens is 1. The molecule has 1 amide bonds. The van der Waals surface area contributed by atoms with E-state index in [0.717, 1.165) is 0 Å². The topological polar surface area (TPSA) is 95.5 Å². The minimum Gasteiger partial charge on any atom is -0.493 e. The molecule has 33 heavy (non-hydrogen) atoms. The van der Waals surface area contributed by atoms with Gasteiger partial charge >= 0.3 is 5.97 Å². The molecule has 9 heteroatoms. The molecule has 0 aromatic heterocycles. The lowest BCUT2D eigenvalue weighted by molar-refractivity contribution is 0.0729. The van der Waals surface area contributed by atoms with E-state index in [2.05, 4.69) is 10.5 Å². The maximum atomic E-state index is 12.4. The quantitative estimate of drug-likeness (QED) is 0.254. The maximum absolute atomic E-state index is 12.4. The van der Waals surface area contributed by atoms with E-state index < -0.39 is 11.9 Å². The first-order chi connectivity index (χ1) is 16.0. The molecule has 0 radical (unpaired) electrons. The van der Waals surface area contributed by atoms with Crippen molar-refractivity contribution in [1.82, 2.24) is 5.43 Å². The number of nitrogens with zero attached hydrogens (tertiary/aromatic N) is 1. The number of esters is 1. The molecule has 0 spiro atoms. The number of rotatable bonds is 6. The first-order valence-electron chi connectivity index (χ1n) is 9.93. The van der Waals surface area contributed by atoms with Crippen LogP contribution in [0.5, 0.6) is 23.0 Å². The van der Waals surface area contributed by atoms with Gasteiger partial charge in [-0.2, -0.15) is 5.10 Å². The molecule has 0 fully saturated rings. The van der Waals surface area contributed by atoms with E-state index in [1.54, 1.807) is 60.7 Å². The normalized spacial score (nSPS) is 12.3. The average molecular weight is 467 g/mol. The SMILES string of the molecule is COc1cc(/C=N\NC(=O)c2ccc3c(c2)OCCO3)ccc1OC(=O)c1ccccc1Cl. The van der Waals surface area contributed by atoms with E-state index in [-0.39, 0.29) is 11.3 Å². The van der Waals surface area contributed by atoms with Crippen molar-refractivity contribution in [3.63, 3.8) is 0 Å². The van der Waals surface area contributed by atoms with Crippen LogP contribution in [0.2, 0.25) is 5.02 Å². The smallest absolute Gasteiger partial charge is 0.345 e. The molecule has 0 atom stereocenters. The molecule has 3 aromatic carbocycles. The molecule has 0 bridgehead atoms. The third-order valence-corrected chi connectivity index (χ3v) is 5.00. The van der Waals surface area contributed by atoms with Gasteiger partial charge in [-0.1, -0.05) is 23.7 Å². The van der Waals surface area contributed by atoms with Crippen molar-refractivity contribution in [1.29, 1.82) is 0 Å². The van der Waals surface area contributed by atoms with E-state index in [4.69, 9.17) is 30.5 Å². The number of ether oxygens (including phenoxy) is 4. The van der Waals surface area contributed by atoms with Crippen LogP contribution in [-0.2, 0) is 0 Å². The first kappa shape index (κ1) is 22.2. The van der Waals surface area contributed by atoms with Gasteiger partial charge in [0.1, 0.15) is 13.2 Å². The van der Waals surface area contributed by atoms with Crippen LogP contribution in [0.25, 0.3) is 0 Å². The van der Waals surface area contributed by atoms with Gasteiger partial charge in [-0.15, -0.1) is 0 Å². The molecule has 1 aliphatic rings. The van der Waals surface area contributed by atoms with Crippen molar-refractivity contribution in [3.05, 3.63) is 82.4 Å². The summed E-state index contributed by atoms with van der Waals surface area (Å²) in [6.45, 7) is 0.909. The number of carbonyl (C=O) groups excluding carboxylic acids is 2. The van der Waals surface area contributed by atoms with Gasteiger partial charge in [0, 0.05) is 5.56 Å². The van der Waals surface area contributed by atoms with E-state index in [1.807, 2.05) is 0 Å². The molecule has 3 aromatic rings. The van der Waals surface area contributed by atoms with E-state index in [0.29, 0.717) is 46.6 Å². The van der Waals surface area contributed by atoms with Gasteiger partial charge in [-0.25, -0.2) is 10.2 Å². The van der Waals surface area contributed by atoms with Crippen LogP contribution < -0.4 is 24.4 Å². The molecule has 0 unspecified atom stereocenters. The summed E-state index contributed by atoms with van der Waals surface area (Å²) >= 11 is 6.05. The summed E-state index contributed by atoms with van der Waals surface area (Å²) in [6, 6.07) is 16.4. The number of amides is 1. The van der Waals surface area contributed by atoms with Crippen LogP contribution >= 0.6 is 11.6 Å². The molecule has 4 rings (SSSR count). The van der Waals surface area contributed by atoms with Crippen molar-refractivity contribution in [3.8, 4) is 23.0 Å². The Morgan fingerprint density at radius 1 is 1.00 bits per heavy atom. The summed E-state index contributed by atoms with van der Waals surface area (Å²) in [6.07, 6.45) is 1.44. The second-order valence-electron chi connectivity index (χ2n) is 6.84. The van der Waals surface area contributed by atoms with Crippen LogP contribution in [0.4, 0.5) is 0 Å². The number of hydrogen-bond donors (Lipinski definition) is 1. The number of hydrazone groups is 1. The number of hydrogen-bond acceptors (Lipinski definition) is 7. The summed E-state index contributed by atoms with van der Waals surface area (Å²) in [5, 5.41) is 4.27. The van der Waals surface area contributed by atoms with Crippen molar-refractivity contribution in [2.45, 2.75) is 0 Å². The van der Waals surface area contributed by atoms with Crippen LogP contribution in [0, 0.1) is 0 Å². The highest BCUT2D eigenvalue weighted by atomic mass is 35.5. The lowest BCUT2D eigenvalue weighted by Gasteiger charge is -2.18. The lowest BCUT2D eigenvalue weighted by Crippen LogP contribution is -2.19. The summed E-state index contributed by atoms with van der Waals surface area (Å²) in [5.41, 5.74) is 3.71. The van der Waals surface area contributed by atoms with Crippen LogP contribution in [0.1, 0.15) is 26.3 Å². The molecule has 0 saturated heterocycles. The molecule has 1 heterocycles. The Hall–Kier alpha value is -4.04. The fraction of sp³-hybridized carbons (Fsp3) is 0.125. The van der Waals surface area contributed by atoms with Gasteiger partial charge in [-0.3, -0.25) is 4.79 Å². The predicted molar refractivity (Wildman–Crippen MR) is 122 cm³/mol. The second kappa shape index (κ2) is 10.1. The van der Waals surface area contributed by atoms with Crippen LogP contribution in [-0.4, -0.2) is 38.4 Å². The lowest BCUT2D eigenvalue weighted by atomic mass is 10.2. The average Bonchev–Trinajstić information content (AvgIpc) is 2.84. The summed E-state index contributed by atoms with van der Waals surface area (Å²) in [5.74, 6) is 0.651. The Morgan fingerprint density at radius 3 is 2.58 bits per heavy atom. The first-order valence-corrected chi connectivity index (χ1v) is 10.3. The number of benzene rings is 3. The molecule has 168 valence electrons. The summed E-state index contributed by atoms with van der Waals surface area (Å²) in [7, 11) is 1.45. The maximum Gasteiger partial charge on any atom is 0.345 e. The predicted octanol–water partition coefficient (Wildman–Crippen LogP) is 4.10. The number of nitrogens with one attached hydrogen (secondary N) is 1. The highest BCUT2D eigenvalue weighted by molar-refractivity contribution is 6.33. The number of methoxy groups -OCH3 is 1. The monoisotopic (exact) mass is 466 g/mol. The largest absolute Gasteiger partial charge is 0.493 e. The van der Waals surface area contributed by atoms with Gasteiger partial charge in [0.2, 0.25) is 0 Å². The Morgan fingerprint density at radius 2 is 1.79 bits per heavy atom. The Bertz CT molecular complexity index is 1230. The van der Waals surface area contributed by atoms with Crippen molar-refractivity contribution < 1.29 is 28.5 Å². The fourth-order valence-corrected chi connectivity index (χ4v) is 3.26. The second-order valence-corrected chi connectivity index (χ2v) is 7.24. The molecule has 1 N–H and O–H groups in total. The van der Waals surface area contributed by atoms with Gasteiger partial charge < -0.3 is 18.9 Å². The number of carbonyl (C=O) groups is 2. The molecule has 1 aliphatic heterocycles. The molecular formula is C24H19ClN2O6. The highest BCUT2D eigenvalue weighted by Gasteiger charge is 2.16. The standard InChI is InChI=1S/C24H19ClN2O6/c1-30-21-12-15(6-8-20(21)33-24(29)17-4-2-3-5-18(17)25)14-26-27-23(28)16-7-9-19-22(13-16)32-11-10-31-19/h2-9,12-14H,10-11H2,1H3,(H,27,28)/b26-14-. The van der Waals surface area contributed by atoms with Gasteiger partial charge in [0.15, 0.2) is 23.0 Å². The third-order valence-electron chi connectivity index (χ3n) is 4.67. The molecule has 8 nitrogen and oxygen atoms in total. The van der Waals surface area contributed by atoms with Crippen LogP contribution in [0.3, 0.4) is 0 Å². The number of fused-ring (bicyclic) bond motifs is 1. The van der Waals surface area contributed by atoms with Crippen LogP contribution in [0.15, 0.2) is 65.8 Å². The minimum atomic E-state index is -0.605. The van der Waals surface area contributed by atoms with Crippen molar-refractivity contribution >= 4 is 29.7 Å². The van der Waals surface area contributed by atoms with Crippen molar-refractivity contribution in [2.24, 2.45) is 5.10 Å². The third kappa shape index (κ3) is 5.24. The summed E-state index contributed by atoms with van der Waals surface area (Å²) < 4.78 is 21.7. The Labute approximate surface area is 194 Å².